The standard InChI is InChI=1S/C16H24N2O2/c1-12(14-10-6-7-11-15(14)20-2)17-16(19)18-13-8-4-3-5-9-13/h6-7,10-13H,3-5,8-9H2,1-2H3,(H2,17,18,19). The molecule has 0 spiro atoms. The van der Waals surface area contributed by atoms with E-state index in [1.165, 1.54) is 19.3 Å². The Hall–Kier alpha value is -1.71. The number of ether oxygens (including phenoxy) is 1. The maximum atomic E-state index is 12.0. The fourth-order valence-corrected chi connectivity index (χ4v) is 2.77. The predicted molar refractivity (Wildman–Crippen MR) is 79.9 cm³/mol. The average molecular weight is 276 g/mol. The molecule has 0 bridgehead atoms. The SMILES string of the molecule is COc1ccccc1C(C)NC(=O)NC1CCCCC1. The fourth-order valence-electron chi connectivity index (χ4n) is 2.77. The van der Waals surface area contributed by atoms with E-state index in [-0.39, 0.29) is 12.1 Å². The highest BCUT2D eigenvalue weighted by molar-refractivity contribution is 5.74. The summed E-state index contributed by atoms with van der Waals surface area (Å²) in [5.41, 5.74) is 0.994. The molecule has 1 atom stereocenters. The molecule has 1 saturated carbocycles. The van der Waals surface area contributed by atoms with E-state index in [0.29, 0.717) is 6.04 Å². The van der Waals surface area contributed by atoms with Gasteiger partial charge in [-0.3, -0.25) is 0 Å². The summed E-state index contributed by atoms with van der Waals surface area (Å²) < 4.78 is 5.33. The molecule has 1 aliphatic carbocycles. The molecule has 0 aromatic heterocycles. The molecule has 4 nitrogen and oxygen atoms in total. The van der Waals surface area contributed by atoms with Crippen LogP contribution < -0.4 is 15.4 Å². The monoisotopic (exact) mass is 276 g/mol. The molecular weight excluding hydrogens is 252 g/mol. The van der Waals surface area contributed by atoms with E-state index in [1.807, 2.05) is 31.2 Å². The molecule has 0 radical (unpaired) electrons. The van der Waals surface area contributed by atoms with Gasteiger partial charge in [0.2, 0.25) is 0 Å². The fraction of sp³-hybridized carbons (Fsp3) is 0.562. The third kappa shape index (κ3) is 3.89. The van der Waals surface area contributed by atoms with E-state index in [1.54, 1.807) is 7.11 Å². The number of methoxy groups -OCH3 is 1. The molecule has 2 rings (SSSR count). The summed E-state index contributed by atoms with van der Waals surface area (Å²) in [6.45, 7) is 1.97. The van der Waals surface area contributed by atoms with Gasteiger partial charge in [0.25, 0.3) is 0 Å². The number of urea groups is 1. The minimum Gasteiger partial charge on any atom is -0.496 e. The van der Waals surface area contributed by atoms with Crippen molar-refractivity contribution in [2.24, 2.45) is 0 Å². The maximum absolute atomic E-state index is 12.0. The third-order valence-corrected chi connectivity index (χ3v) is 3.89. The summed E-state index contributed by atoms with van der Waals surface area (Å²) in [6, 6.07) is 7.93. The van der Waals surface area contributed by atoms with Gasteiger partial charge >= 0.3 is 6.03 Å². The number of para-hydroxylation sites is 1. The topological polar surface area (TPSA) is 50.4 Å². The van der Waals surface area contributed by atoms with Gasteiger partial charge in [-0.1, -0.05) is 37.5 Å². The van der Waals surface area contributed by atoms with Crippen molar-refractivity contribution in [3.8, 4) is 5.75 Å². The van der Waals surface area contributed by atoms with Crippen LogP contribution in [0.5, 0.6) is 5.75 Å². The van der Waals surface area contributed by atoms with Gasteiger partial charge < -0.3 is 15.4 Å². The first-order valence-electron chi connectivity index (χ1n) is 7.40. The summed E-state index contributed by atoms with van der Waals surface area (Å²) in [4.78, 5) is 12.0. The van der Waals surface area contributed by atoms with E-state index in [2.05, 4.69) is 10.6 Å². The van der Waals surface area contributed by atoms with Gasteiger partial charge in [-0.2, -0.15) is 0 Å². The van der Waals surface area contributed by atoms with Crippen LogP contribution in [0.25, 0.3) is 0 Å². The van der Waals surface area contributed by atoms with Crippen LogP contribution in [0.1, 0.15) is 50.6 Å². The second-order valence-electron chi connectivity index (χ2n) is 5.42. The van der Waals surface area contributed by atoms with Gasteiger partial charge in [-0.15, -0.1) is 0 Å². The molecule has 1 unspecified atom stereocenters. The number of nitrogens with one attached hydrogen (secondary N) is 2. The molecule has 20 heavy (non-hydrogen) atoms. The maximum Gasteiger partial charge on any atom is 0.315 e. The van der Waals surface area contributed by atoms with Crippen molar-refractivity contribution in [2.75, 3.05) is 7.11 Å². The molecule has 2 N–H and O–H groups in total. The van der Waals surface area contributed by atoms with Crippen LogP contribution in [0, 0.1) is 0 Å². The molecule has 1 aliphatic rings. The van der Waals surface area contributed by atoms with Crippen LogP contribution in [0.4, 0.5) is 4.79 Å². The van der Waals surface area contributed by atoms with Gasteiger partial charge in [-0.25, -0.2) is 4.79 Å². The van der Waals surface area contributed by atoms with Gasteiger partial charge in [0, 0.05) is 11.6 Å². The number of hydrogen-bond donors (Lipinski definition) is 2. The van der Waals surface area contributed by atoms with E-state index in [9.17, 15) is 4.79 Å². The van der Waals surface area contributed by atoms with E-state index in [0.717, 1.165) is 24.2 Å². The summed E-state index contributed by atoms with van der Waals surface area (Å²) in [5.74, 6) is 0.804. The highest BCUT2D eigenvalue weighted by Gasteiger charge is 2.18. The second kappa shape index (κ2) is 7.17. The minimum atomic E-state index is -0.0877. The minimum absolute atomic E-state index is 0.0743. The van der Waals surface area contributed by atoms with E-state index in [4.69, 9.17) is 4.74 Å². The van der Waals surface area contributed by atoms with Crippen molar-refractivity contribution in [3.63, 3.8) is 0 Å². The second-order valence-corrected chi connectivity index (χ2v) is 5.42. The van der Waals surface area contributed by atoms with Crippen LogP contribution >= 0.6 is 0 Å². The molecule has 1 fully saturated rings. The Kier molecular flexibility index (Phi) is 5.27. The lowest BCUT2D eigenvalue weighted by atomic mass is 9.96. The average Bonchev–Trinajstić information content (AvgIpc) is 2.48. The molecule has 0 aliphatic heterocycles. The highest BCUT2D eigenvalue weighted by Crippen LogP contribution is 2.24. The van der Waals surface area contributed by atoms with Crippen LogP contribution in [0.2, 0.25) is 0 Å². The Labute approximate surface area is 120 Å². The van der Waals surface area contributed by atoms with Gasteiger partial charge in [0.15, 0.2) is 0 Å². The number of benzene rings is 1. The lowest BCUT2D eigenvalue weighted by Crippen LogP contribution is -2.43. The van der Waals surface area contributed by atoms with Crippen molar-refractivity contribution in [1.82, 2.24) is 10.6 Å². The number of carbonyl (C=O) groups is 1. The van der Waals surface area contributed by atoms with E-state index >= 15 is 0 Å². The molecule has 0 heterocycles. The number of rotatable bonds is 4. The quantitative estimate of drug-likeness (QED) is 0.885. The Bertz CT molecular complexity index is 442. The summed E-state index contributed by atoms with van der Waals surface area (Å²) >= 11 is 0. The summed E-state index contributed by atoms with van der Waals surface area (Å²) in [6.07, 6.45) is 5.91. The predicted octanol–water partition coefficient (Wildman–Crippen LogP) is 3.39. The lowest BCUT2D eigenvalue weighted by molar-refractivity contribution is 0.229. The highest BCUT2D eigenvalue weighted by atomic mass is 16.5. The zero-order valence-corrected chi connectivity index (χ0v) is 12.3. The van der Waals surface area contributed by atoms with Crippen molar-refractivity contribution in [2.45, 2.75) is 51.1 Å². The first-order chi connectivity index (χ1) is 9.70. The van der Waals surface area contributed by atoms with Gasteiger partial charge in [0.05, 0.1) is 13.2 Å². The van der Waals surface area contributed by atoms with Crippen LogP contribution in [0.15, 0.2) is 24.3 Å². The van der Waals surface area contributed by atoms with Crippen molar-refractivity contribution in [3.05, 3.63) is 29.8 Å². The molecule has 2 amide bonds. The van der Waals surface area contributed by atoms with Gasteiger partial charge in [0.1, 0.15) is 5.75 Å². The van der Waals surface area contributed by atoms with Crippen molar-refractivity contribution < 1.29 is 9.53 Å². The van der Waals surface area contributed by atoms with Crippen LogP contribution in [0.3, 0.4) is 0 Å². The molecule has 110 valence electrons. The molecular formula is C16H24N2O2. The van der Waals surface area contributed by atoms with E-state index < -0.39 is 0 Å². The first-order valence-corrected chi connectivity index (χ1v) is 7.40. The number of hydrogen-bond acceptors (Lipinski definition) is 2. The number of carbonyl (C=O) groups excluding carboxylic acids is 1. The Morgan fingerprint density at radius 3 is 2.65 bits per heavy atom. The van der Waals surface area contributed by atoms with Crippen molar-refractivity contribution in [1.29, 1.82) is 0 Å². The first kappa shape index (κ1) is 14.7. The summed E-state index contributed by atoms with van der Waals surface area (Å²) in [7, 11) is 1.65. The molecule has 1 aromatic rings. The largest absolute Gasteiger partial charge is 0.496 e. The lowest BCUT2D eigenvalue weighted by Gasteiger charge is -2.24. The molecule has 0 saturated heterocycles. The molecule has 1 aromatic carbocycles. The zero-order chi connectivity index (χ0) is 14.4. The third-order valence-electron chi connectivity index (χ3n) is 3.89. The van der Waals surface area contributed by atoms with Crippen LogP contribution in [-0.4, -0.2) is 19.2 Å². The Balaban J connectivity index is 1.89. The molecule has 4 heteroatoms. The zero-order valence-electron chi connectivity index (χ0n) is 12.3. The summed E-state index contributed by atoms with van der Waals surface area (Å²) in [5, 5.41) is 6.05. The smallest absolute Gasteiger partial charge is 0.315 e. The van der Waals surface area contributed by atoms with Gasteiger partial charge in [-0.05, 0) is 25.8 Å². The van der Waals surface area contributed by atoms with Crippen LogP contribution in [-0.2, 0) is 0 Å². The Morgan fingerprint density at radius 1 is 1.25 bits per heavy atom. The normalized spacial score (nSPS) is 17.3. The van der Waals surface area contributed by atoms with Crippen molar-refractivity contribution >= 4 is 6.03 Å². The number of amides is 2. The Morgan fingerprint density at radius 2 is 1.95 bits per heavy atom.